The molecule has 0 saturated carbocycles. The number of anilines is 1. The van der Waals surface area contributed by atoms with Crippen molar-refractivity contribution in [2.24, 2.45) is 5.92 Å². The van der Waals surface area contributed by atoms with Crippen molar-refractivity contribution >= 4 is 40.0 Å². The van der Waals surface area contributed by atoms with Crippen LogP contribution in [0, 0.1) is 5.92 Å². The number of aromatic amines is 1. The van der Waals surface area contributed by atoms with Crippen LogP contribution in [-0.4, -0.2) is 35.3 Å². The Hall–Kier alpha value is -2.79. The van der Waals surface area contributed by atoms with Crippen LogP contribution >= 0.6 is 11.6 Å². The lowest BCUT2D eigenvalue weighted by molar-refractivity contribution is -0.116. The molecule has 150 valence electrons. The lowest BCUT2D eigenvalue weighted by Gasteiger charge is -2.19. The number of hydrogen-bond acceptors (Lipinski definition) is 2. The number of hydrogen-bond donors (Lipinski definition) is 2. The number of H-pyrrole nitrogens is 1. The monoisotopic (exact) mass is 409 g/mol. The van der Waals surface area contributed by atoms with Gasteiger partial charge in [0.15, 0.2) is 0 Å². The van der Waals surface area contributed by atoms with Crippen molar-refractivity contribution in [3.05, 3.63) is 64.3 Å². The summed E-state index contributed by atoms with van der Waals surface area (Å²) in [6, 6.07) is 12.8. The van der Waals surface area contributed by atoms with Gasteiger partial charge in [0.05, 0.1) is 17.3 Å². The number of halogens is 1. The Balaban J connectivity index is 1.50. The van der Waals surface area contributed by atoms with Crippen LogP contribution in [0.5, 0.6) is 0 Å². The molecule has 0 saturated heterocycles. The molecule has 6 heteroatoms. The van der Waals surface area contributed by atoms with Gasteiger partial charge < -0.3 is 15.2 Å². The van der Waals surface area contributed by atoms with E-state index in [9.17, 15) is 9.59 Å². The summed E-state index contributed by atoms with van der Waals surface area (Å²) in [4.78, 5) is 30.2. The van der Waals surface area contributed by atoms with E-state index in [1.807, 2.05) is 18.2 Å². The van der Waals surface area contributed by atoms with E-state index in [1.165, 1.54) is 22.6 Å². The number of para-hydroxylation sites is 1. The van der Waals surface area contributed by atoms with Crippen LogP contribution in [0.1, 0.15) is 35.0 Å². The van der Waals surface area contributed by atoms with E-state index in [2.05, 4.69) is 17.2 Å². The van der Waals surface area contributed by atoms with Crippen LogP contribution in [0.2, 0.25) is 5.02 Å². The first-order valence-electron chi connectivity index (χ1n) is 9.85. The maximum atomic E-state index is 12.9. The van der Waals surface area contributed by atoms with Crippen LogP contribution in [0.3, 0.4) is 0 Å². The number of benzene rings is 2. The Kier molecular flexibility index (Phi) is 5.33. The Morgan fingerprint density at radius 1 is 1.24 bits per heavy atom. The van der Waals surface area contributed by atoms with Gasteiger partial charge in [-0.25, -0.2) is 0 Å². The Bertz CT molecular complexity index is 1090. The van der Waals surface area contributed by atoms with E-state index < -0.39 is 0 Å². The third-order valence-corrected chi connectivity index (χ3v) is 5.89. The first kappa shape index (κ1) is 19.5. The molecule has 1 aliphatic rings. The molecule has 0 unspecified atom stereocenters. The molecule has 0 bridgehead atoms. The van der Waals surface area contributed by atoms with Gasteiger partial charge in [-0.1, -0.05) is 30.7 Å². The number of fused-ring (bicyclic) bond motifs is 3. The first-order chi connectivity index (χ1) is 13.9. The summed E-state index contributed by atoms with van der Waals surface area (Å²) in [7, 11) is 1.63. The number of aryl methyl sites for hydroxylation is 1. The highest BCUT2D eigenvalue weighted by Crippen LogP contribution is 2.32. The molecule has 2 N–H and O–H groups in total. The molecule has 0 spiro atoms. The number of likely N-dealkylation sites (N-methyl/N-ethyl adjacent to an activating group) is 1. The second kappa shape index (κ2) is 7.91. The summed E-state index contributed by atoms with van der Waals surface area (Å²) in [5, 5.41) is 4.33. The third kappa shape index (κ3) is 4.01. The maximum absolute atomic E-state index is 12.9. The van der Waals surface area contributed by atoms with Crippen LogP contribution < -0.4 is 5.32 Å². The van der Waals surface area contributed by atoms with Gasteiger partial charge in [0, 0.05) is 29.2 Å². The zero-order chi connectivity index (χ0) is 20.5. The van der Waals surface area contributed by atoms with Gasteiger partial charge in [-0.3, -0.25) is 9.59 Å². The minimum atomic E-state index is -0.289. The van der Waals surface area contributed by atoms with E-state index in [-0.39, 0.29) is 18.4 Å². The van der Waals surface area contributed by atoms with Gasteiger partial charge in [0.2, 0.25) is 5.91 Å². The predicted octanol–water partition coefficient (Wildman–Crippen LogP) is 4.66. The minimum absolute atomic E-state index is 0.0512. The normalized spacial score (nSPS) is 15.8. The summed E-state index contributed by atoms with van der Waals surface area (Å²) >= 11 is 6.08. The van der Waals surface area contributed by atoms with Gasteiger partial charge in [-0.2, -0.15) is 0 Å². The Labute approximate surface area is 175 Å². The van der Waals surface area contributed by atoms with Crippen molar-refractivity contribution in [3.63, 3.8) is 0 Å². The summed E-state index contributed by atoms with van der Waals surface area (Å²) in [6.07, 6.45) is 3.27. The molecule has 1 aromatic heterocycles. The minimum Gasteiger partial charge on any atom is -0.358 e. The molecule has 0 aliphatic heterocycles. The molecular weight excluding hydrogens is 386 g/mol. The summed E-state index contributed by atoms with van der Waals surface area (Å²) in [6.45, 7) is 2.21. The molecule has 29 heavy (non-hydrogen) atoms. The molecule has 0 fully saturated rings. The molecule has 1 heterocycles. The molecular formula is C23H24ClN3O2. The Morgan fingerprint density at radius 2 is 2.03 bits per heavy atom. The summed E-state index contributed by atoms with van der Waals surface area (Å²) in [5.41, 5.74) is 4.81. The number of carbonyl (C=O) groups excluding carboxylic acids is 2. The molecule has 2 aromatic carbocycles. The fraction of sp³-hybridized carbons (Fsp3) is 0.304. The molecule has 1 atom stereocenters. The number of nitrogens with zero attached hydrogens (tertiary/aromatic N) is 1. The quantitative estimate of drug-likeness (QED) is 0.658. The lowest BCUT2D eigenvalue weighted by Crippen LogP contribution is -2.35. The highest BCUT2D eigenvalue weighted by atomic mass is 35.5. The number of nitrogens with one attached hydrogen (secondary N) is 2. The molecule has 1 aliphatic carbocycles. The van der Waals surface area contributed by atoms with Gasteiger partial charge >= 0.3 is 0 Å². The van der Waals surface area contributed by atoms with Crippen molar-refractivity contribution in [3.8, 4) is 0 Å². The number of rotatable bonds is 4. The van der Waals surface area contributed by atoms with E-state index in [4.69, 9.17) is 11.6 Å². The summed E-state index contributed by atoms with van der Waals surface area (Å²) < 4.78 is 0. The van der Waals surface area contributed by atoms with Crippen LogP contribution in [0.4, 0.5) is 5.69 Å². The van der Waals surface area contributed by atoms with E-state index in [0.29, 0.717) is 22.2 Å². The van der Waals surface area contributed by atoms with Gasteiger partial charge in [0.1, 0.15) is 0 Å². The first-order valence-corrected chi connectivity index (χ1v) is 10.2. The highest BCUT2D eigenvalue weighted by Gasteiger charge is 2.22. The van der Waals surface area contributed by atoms with Crippen molar-refractivity contribution < 1.29 is 9.59 Å². The fourth-order valence-corrected chi connectivity index (χ4v) is 4.17. The van der Waals surface area contributed by atoms with Gasteiger partial charge in [-0.15, -0.1) is 0 Å². The van der Waals surface area contributed by atoms with Crippen LogP contribution in [0.25, 0.3) is 10.9 Å². The predicted molar refractivity (Wildman–Crippen MR) is 117 cm³/mol. The molecule has 3 aromatic rings. The largest absolute Gasteiger partial charge is 0.358 e. The maximum Gasteiger partial charge on any atom is 0.254 e. The average Bonchev–Trinajstić information content (AvgIpc) is 3.06. The fourth-order valence-electron chi connectivity index (χ4n) is 3.98. The number of aromatic nitrogens is 1. The van der Waals surface area contributed by atoms with Crippen molar-refractivity contribution in [1.82, 2.24) is 9.88 Å². The second-order valence-corrected chi connectivity index (χ2v) is 8.29. The number of amides is 2. The SMILES string of the molecule is C[C@H]1CCc2[nH]c3ccc(C(=O)N(C)CC(=O)Nc4ccccc4Cl)cc3c2C1. The molecule has 0 radical (unpaired) electrons. The Morgan fingerprint density at radius 3 is 2.83 bits per heavy atom. The van der Waals surface area contributed by atoms with E-state index in [0.717, 1.165) is 23.7 Å². The van der Waals surface area contributed by atoms with Crippen LogP contribution in [-0.2, 0) is 17.6 Å². The van der Waals surface area contributed by atoms with Crippen molar-refractivity contribution in [1.29, 1.82) is 0 Å². The van der Waals surface area contributed by atoms with Crippen molar-refractivity contribution in [2.75, 3.05) is 18.9 Å². The second-order valence-electron chi connectivity index (χ2n) is 7.88. The molecule has 5 nitrogen and oxygen atoms in total. The number of carbonyl (C=O) groups is 2. The standard InChI is InChI=1S/C23H24ClN3O2/c1-14-7-9-19-16(11-14)17-12-15(8-10-20(17)25-19)23(29)27(2)13-22(28)26-21-6-4-3-5-18(21)24/h3-6,8,10,12,14,25H,7,9,11,13H2,1-2H3,(H,26,28)/t14-/m0/s1. The van der Waals surface area contributed by atoms with E-state index >= 15 is 0 Å². The smallest absolute Gasteiger partial charge is 0.254 e. The lowest BCUT2D eigenvalue weighted by atomic mass is 9.87. The topological polar surface area (TPSA) is 65.2 Å². The zero-order valence-corrected chi connectivity index (χ0v) is 17.3. The zero-order valence-electron chi connectivity index (χ0n) is 16.6. The van der Waals surface area contributed by atoms with Gasteiger partial charge in [0.25, 0.3) is 5.91 Å². The molecule has 4 rings (SSSR count). The van der Waals surface area contributed by atoms with Gasteiger partial charge in [-0.05, 0) is 61.1 Å². The third-order valence-electron chi connectivity index (χ3n) is 5.56. The van der Waals surface area contributed by atoms with Crippen LogP contribution in [0.15, 0.2) is 42.5 Å². The highest BCUT2D eigenvalue weighted by molar-refractivity contribution is 6.33. The average molecular weight is 410 g/mol. The molecule has 2 amide bonds. The van der Waals surface area contributed by atoms with E-state index in [1.54, 1.807) is 31.3 Å². The summed E-state index contributed by atoms with van der Waals surface area (Å²) in [5.74, 6) is 0.180. The van der Waals surface area contributed by atoms with Crippen molar-refractivity contribution in [2.45, 2.75) is 26.2 Å².